The van der Waals surface area contributed by atoms with Crippen LogP contribution in [0.2, 0.25) is 10.0 Å². The monoisotopic (exact) mass is 469 g/mol. The Balaban J connectivity index is 1.84. The standard InChI is InChI=1S/C21H16Cl2F3N3O2/c1-4-16-18(12-5-10(2)17(30-3)7-13(12)22)28-20(31-16)15-9-29-8-11(21(24,25)26)6-14(23)19(29)27-15/h5-9H,4H2,1-3H3. The van der Waals surface area contributed by atoms with Gasteiger partial charge in [0.05, 0.1) is 22.7 Å². The van der Waals surface area contributed by atoms with Crippen LogP contribution in [-0.4, -0.2) is 21.5 Å². The van der Waals surface area contributed by atoms with E-state index < -0.39 is 11.7 Å². The highest BCUT2D eigenvalue weighted by Gasteiger charge is 2.32. The molecule has 0 radical (unpaired) electrons. The Morgan fingerprint density at radius 2 is 1.84 bits per heavy atom. The second-order valence-corrected chi connectivity index (χ2v) is 7.69. The zero-order chi connectivity index (χ0) is 22.5. The molecule has 4 rings (SSSR count). The highest BCUT2D eigenvalue weighted by Crippen LogP contribution is 2.38. The minimum Gasteiger partial charge on any atom is -0.496 e. The average Bonchev–Trinajstić information content (AvgIpc) is 3.32. The lowest BCUT2D eigenvalue weighted by Gasteiger charge is -2.09. The number of pyridine rings is 1. The third-order valence-electron chi connectivity index (χ3n) is 4.81. The number of alkyl halides is 3. The number of benzene rings is 1. The molecular formula is C21H16Cl2F3N3O2. The predicted octanol–water partition coefficient (Wildman–Crippen LogP) is 6.86. The van der Waals surface area contributed by atoms with Crippen molar-refractivity contribution in [3.63, 3.8) is 0 Å². The third kappa shape index (κ3) is 3.85. The summed E-state index contributed by atoms with van der Waals surface area (Å²) in [6.07, 6.45) is -1.69. The van der Waals surface area contributed by atoms with E-state index in [1.54, 1.807) is 13.2 Å². The molecule has 162 valence electrons. The van der Waals surface area contributed by atoms with E-state index in [0.29, 0.717) is 34.2 Å². The normalized spacial score (nSPS) is 12.0. The fourth-order valence-corrected chi connectivity index (χ4v) is 3.79. The summed E-state index contributed by atoms with van der Waals surface area (Å²) in [7, 11) is 1.56. The molecule has 0 aliphatic carbocycles. The van der Waals surface area contributed by atoms with E-state index in [0.717, 1.165) is 17.8 Å². The highest BCUT2D eigenvalue weighted by molar-refractivity contribution is 6.34. The molecule has 4 aromatic rings. The number of halogens is 5. The molecule has 0 amide bonds. The topological polar surface area (TPSA) is 52.6 Å². The lowest BCUT2D eigenvalue weighted by Crippen LogP contribution is -2.06. The van der Waals surface area contributed by atoms with Crippen LogP contribution < -0.4 is 4.74 Å². The summed E-state index contributed by atoms with van der Waals surface area (Å²) in [6.45, 7) is 3.78. The number of hydrogen-bond donors (Lipinski definition) is 0. The van der Waals surface area contributed by atoms with Crippen LogP contribution in [0, 0.1) is 6.92 Å². The van der Waals surface area contributed by atoms with E-state index >= 15 is 0 Å². The van der Waals surface area contributed by atoms with Crippen molar-refractivity contribution in [3.8, 4) is 28.6 Å². The van der Waals surface area contributed by atoms with Crippen LogP contribution in [-0.2, 0) is 12.6 Å². The molecule has 0 aliphatic rings. The van der Waals surface area contributed by atoms with Crippen molar-refractivity contribution in [2.24, 2.45) is 0 Å². The number of aromatic nitrogens is 3. The van der Waals surface area contributed by atoms with Crippen LogP contribution in [0.5, 0.6) is 5.75 Å². The molecule has 1 aromatic carbocycles. The van der Waals surface area contributed by atoms with Crippen LogP contribution in [0.15, 0.2) is 35.0 Å². The van der Waals surface area contributed by atoms with Crippen LogP contribution in [0.3, 0.4) is 0 Å². The summed E-state index contributed by atoms with van der Waals surface area (Å²) < 4.78 is 51.7. The molecule has 5 nitrogen and oxygen atoms in total. The second kappa shape index (κ2) is 7.76. The molecule has 0 aliphatic heterocycles. The number of hydrogen-bond acceptors (Lipinski definition) is 4. The predicted molar refractivity (Wildman–Crippen MR) is 112 cm³/mol. The number of rotatable bonds is 4. The van der Waals surface area contributed by atoms with Gasteiger partial charge in [-0.05, 0) is 30.7 Å². The summed E-state index contributed by atoms with van der Waals surface area (Å²) >= 11 is 12.5. The summed E-state index contributed by atoms with van der Waals surface area (Å²) in [4.78, 5) is 8.85. The van der Waals surface area contributed by atoms with Gasteiger partial charge in [-0.25, -0.2) is 9.97 Å². The number of methoxy groups -OCH3 is 1. The van der Waals surface area contributed by atoms with E-state index in [1.165, 1.54) is 10.6 Å². The number of nitrogens with zero attached hydrogens (tertiary/aromatic N) is 3. The largest absolute Gasteiger partial charge is 0.496 e. The summed E-state index contributed by atoms with van der Waals surface area (Å²) in [6, 6.07) is 4.38. The van der Waals surface area contributed by atoms with Crippen molar-refractivity contribution in [3.05, 3.63) is 57.5 Å². The SMILES string of the molecule is CCc1oc(-c2cn3cc(C(F)(F)F)cc(Cl)c3n2)nc1-c1cc(C)c(OC)cc1Cl. The van der Waals surface area contributed by atoms with Gasteiger partial charge in [-0.1, -0.05) is 30.1 Å². The number of oxazole rings is 1. The van der Waals surface area contributed by atoms with E-state index in [4.69, 9.17) is 32.4 Å². The van der Waals surface area contributed by atoms with Gasteiger partial charge >= 0.3 is 6.18 Å². The smallest absolute Gasteiger partial charge is 0.417 e. The molecule has 0 atom stereocenters. The third-order valence-corrected chi connectivity index (χ3v) is 5.40. The fraction of sp³-hybridized carbons (Fsp3) is 0.238. The number of ether oxygens (including phenoxy) is 1. The first-order valence-corrected chi connectivity index (χ1v) is 9.98. The Morgan fingerprint density at radius 1 is 1.10 bits per heavy atom. The van der Waals surface area contributed by atoms with E-state index in [1.807, 2.05) is 19.9 Å². The van der Waals surface area contributed by atoms with Crippen molar-refractivity contribution >= 4 is 28.8 Å². The molecule has 0 spiro atoms. The molecule has 3 heterocycles. The Labute approximate surface area is 185 Å². The Morgan fingerprint density at radius 3 is 2.48 bits per heavy atom. The quantitative estimate of drug-likeness (QED) is 0.327. The van der Waals surface area contributed by atoms with Crippen molar-refractivity contribution in [2.45, 2.75) is 26.4 Å². The maximum atomic E-state index is 13.1. The first kappa shape index (κ1) is 21.5. The first-order chi connectivity index (χ1) is 14.6. The molecule has 0 saturated heterocycles. The minimum atomic E-state index is -4.53. The lowest BCUT2D eigenvalue weighted by atomic mass is 10.1. The Kier molecular flexibility index (Phi) is 5.39. The molecule has 0 bridgehead atoms. The van der Waals surface area contributed by atoms with E-state index in [2.05, 4.69) is 9.97 Å². The molecule has 0 N–H and O–H groups in total. The van der Waals surface area contributed by atoms with Gasteiger partial charge in [-0.3, -0.25) is 0 Å². The lowest BCUT2D eigenvalue weighted by molar-refractivity contribution is -0.137. The van der Waals surface area contributed by atoms with Gasteiger partial charge < -0.3 is 13.6 Å². The second-order valence-electron chi connectivity index (χ2n) is 6.88. The zero-order valence-electron chi connectivity index (χ0n) is 16.6. The van der Waals surface area contributed by atoms with E-state index in [-0.39, 0.29) is 22.3 Å². The molecule has 3 aromatic heterocycles. The van der Waals surface area contributed by atoms with E-state index in [9.17, 15) is 13.2 Å². The van der Waals surface area contributed by atoms with Gasteiger partial charge in [0, 0.05) is 24.4 Å². The van der Waals surface area contributed by atoms with Gasteiger partial charge in [0.2, 0.25) is 5.89 Å². The molecule has 0 unspecified atom stereocenters. The zero-order valence-corrected chi connectivity index (χ0v) is 18.2. The Bertz CT molecular complexity index is 1300. The molecule has 0 fully saturated rings. The van der Waals surface area contributed by atoms with Gasteiger partial charge in [0.25, 0.3) is 0 Å². The highest BCUT2D eigenvalue weighted by atomic mass is 35.5. The molecular weight excluding hydrogens is 454 g/mol. The molecule has 31 heavy (non-hydrogen) atoms. The summed E-state index contributed by atoms with van der Waals surface area (Å²) in [5, 5.41) is 0.308. The molecule has 10 heteroatoms. The summed E-state index contributed by atoms with van der Waals surface area (Å²) in [5.74, 6) is 1.37. The number of fused-ring (bicyclic) bond motifs is 1. The maximum absolute atomic E-state index is 13.1. The minimum absolute atomic E-state index is 0.127. The van der Waals surface area contributed by atoms with Crippen molar-refractivity contribution in [1.82, 2.24) is 14.4 Å². The first-order valence-electron chi connectivity index (χ1n) is 9.22. The van der Waals surface area contributed by atoms with Gasteiger partial charge in [0.1, 0.15) is 22.9 Å². The number of imidazole rings is 1. The van der Waals surface area contributed by atoms with Crippen molar-refractivity contribution < 1.29 is 22.3 Å². The van der Waals surface area contributed by atoms with Crippen LogP contribution in [0.1, 0.15) is 23.8 Å². The maximum Gasteiger partial charge on any atom is 0.417 e. The van der Waals surface area contributed by atoms with Crippen LogP contribution in [0.25, 0.3) is 28.5 Å². The van der Waals surface area contributed by atoms with Crippen molar-refractivity contribution in [2.75, 3.05) is 7.11 Å². The van der Waals surface area contributed by atoms with Crippen LogP contribution in [0.4, 0.5) is 13.2 Å². The average molecular weight is 470 g/mol. The Hall–Kier alpha value is -2.71. The van der Waals surface area contributed by atoms with Gasteiger partial charge in [-0.15, -0.1) is 0 Å². The number of aryl methyl sites for hydroxylation is 2. The fourth-order valence-electron chi connectivity index (χ4n) is 3.29. The summed E-state index contributed by atoms with van der Waals surface area (Å²) in [5.41, 5.74) is 1.61. The molecule has 0 saturated carbocycles. The van der Waals surface area contributed by atoms with Crippen molar-refractivity contribution in [1.29, 1.82) is 0 Å². The van der Waals surface area contributed by atoms with Gasteiger partial charge in [-0.2, -0.15) is 13.2 Å². The van der Waals surface area contributed by atoms with Gasteiger partial charge in [0.15, 0.2) is 5.65 Å². The van der Waals surface area contributed by atoms with Crippen LogP contribution >= 0.6 is 23.2 Å².